The number of alkyl halides is 1. The van der Waals surface area contributed by atoms with Crippen molar-refractivity contribution in [3.63, 3.8) is 0 Å². The van der Waals surface area contributed by atoms with Crippen molar-refractivity contribution in [2.45, 2.75) is 18.2 Å². The van der Waals surface area contributed by atoms with Gasteiger partial charge in [0.05, 0.1) is 5.02 Å². The fourth-order valence-electron chi connectivity index (χ4n) is 1.67. The van der Waals surface area contributed by atoms with Crippen LogP contribution in [-0.2, 0) is 0 Å². The molecule has 0 aliphatic carbocycles. The van der Waals surface area contributed by atoms with Crippen LogP contribution in [0.2, 0.25) is 5.02 Å². The van der Waals surface area contributed by atoms with Crippen LogP contribution < -0.4 is 4.90 Å². The molecule has 1 aliphatic heterocycles. The highest BCUT2D eigenvalue weighted by molar-refractivity contribution is 6.32. The van der Waals surface area contributed by atoms with Gasteiger partial charge in [0.2, 0.25) is 0 Å². The maximum Gasteiger partial charge on any atom is 0.147 e. The lowest BCUT2D eigenvalue weighted by Gasteiger charge is -2.30. The Bertz CT molecular complexity index is 309. The molecule has 76 valence electrons. The second-order valence-corrected chi connectivity index (χ2v) is 4.49. The fourth-order valence-corrected chi connectivity index (χ4v) is 2.11. The van der Waals surface area contributed by atoms with Crippen molar-refractivity contribution >= 4 is 29.0 Å². The Morgan fingerprint density at radius 3 is 2.71 bits per heavy atom. The molecule has 0 saturated carbocycles. The van der Waals surface area contributed by atoms with E-state index >= 15 is 0 Å². The molecule has 0 bridgehead atoms. The van der Waals surface area contributed by atoms with Gasteiger partial charge in [-0.15, -0.1) is 11.6 Å². The predicted octanol–water partition coefficient (Wildman–Crippen LogP) is 2.94. The highest BCUT2D eigenvalue weighted by Gasteiger charge is 2.19. The summed E-state index contributed by atoms with van der Waals surface area (Å²) in [5.41, 5.74) is 0. The van der Waals surface area contributed by atoms with Crippen molar-refractivity contribution in [1.29, 1.82) is 0 Å². The van der Waals surface area contributed by atoms with Gasteiger partial charge in [-0.1, -0.05) is 11.6 Å². The van der Waals surface area contributed by atoms with Gasteiger partial charge in [0.1, 0.15) is 5.82 Å². The van der Waals surface area contributed by atoms with Crippen LogP contribution in [0, 0.1) is 0 Å². The predicted molar refractivity (Wildman–Crippen MR) is 60.3 cm³/mol. The number of aromatic nitrogens is 1. The standard InChI is InChI=1S/C10H12Cl2N2/c11-8-3-6-14(7-4-8)10-9(12)2-1-5-13-10/h1-2,5,8H,3-4,6-7H2. The molecule has 0 N–H and O–H groups in total. The maximum absolute atomic E-state index is 6.06. The number of rotatable bonds is 1. The highest BCUT2D eigenvalue weighted by Crippen LogP contribution is 2.26. The van der Waals surface area contributed by atoms with Crippen molar-refractivity contribution in [3.05, 3.63) is 23.4 Å². The third-order valence-corrected chi connectivity index (χ3v) is 3.19. The van der Waals surface area contributed by atoms with Gasteiger partial charge >= 0.3 is 0 Å². The molecule has 1 saturated heterocycles. The largest absolute Gasteiger partial charge is 0.355 e. The smallest absolute Gasteiger partial charge is 0.147 e. The zero-order valence-corrected chi connectivity index (χ0v) is 9.30. The molecular weight excluding hydrogens is 219 g/mol. The minimum atomic E-state index is 0.314. The van der Waals surface area contributed by atoms with Crippen molar-refractivity contribution in [1.82, 2.24) is 4.98 Å². The van der Waals surface area contributed by atoms with E-state index in [1.165, 1.54) is 0 Å². The lowest BCUT2D eigenvalue weighted by atomic mass is 10.1. The first-order valence-electron chi connectivity index (χ1n) is 4.77. The molecule has 1 aromatic rings. The van der Waals surface area contributed by atoms with Gasteiger partial charge in [-0.3, -0.25) is 0 Å². The van der Waals surface area contributed by atoms with Gasteiger partial charge in [0.25, 0.3) is 0 Å². The zero-order chi connectivity index (χ0) is 9.97. The normalized spacial score (nSPS) is 18.6. The summed E-state index contributed by atoms with van der Waals surface area (Å²) in [6.07, 6.45) is 3.79. The number of piperidine rings is 1. The van der Waals surface area contributed by atoms with Crippen LogP contribution in [0.5, 0.6) is 0 Å². The summed E-state index contributed by atoms with van der Waals surface area (Å²) in [5, 5.41) is 1.04. The Morgan fingerprint density at radius 2 is 2.07 bits per heavy atom. The number of nitrogens with zero attached hydrogens (tertiary/aromatic N) is 2. The minimum absolute atomic E-state index is 0.314. The third kappa shape index (κ3) is 2.12. The minimum Gasteiger partial charge on any atom is -0.355 e. The molecule has 2 rings (SSSR count). The van der Waals surface area contributed by atoms with Crippen LogP contribution in [0.15, 0.2) is 18.3 Å². The topological polar surface area (TPSA) is 16.1 Å². The SMILES string of the molecule is Clc1cccnc1N1CCC(Cl)CC1. The lowest BCUT2D eigenvalue weighted by molar-refractivity contribution is 0.580. The molecule has 14 heavy (non-hydrogen) atoms. The Balaban J connectivity index is 2.12. The van der Waals surface area contributed by atoms with Crippen molar-refractivity contribution < 1.29 is 0 Å². The molecule has 1 fully saturated rings. The molecule has 0 spiro atoms. The molecule has 1 aliphatic rings. The van der Waals surface area contributed by atoms with Crippen LogP contribution in [-0.4, -0.2) is 23.5 Å². The van der Waals surface area contributed by atoms with Crippen LogP contribution >= 0.6 is 23.2 Å². The van der Waals surface area contributed by atoms with Crippen molar-refractivity contribution in [3.8, 4) is 0 Å². The number of anilines is 1. The molecule has 2 heterocycles. The van der Waals surface area contributed by atoms with Gasteiger partial charge < -0.3 is 4.90 Å². The van der Waals surface area contributed by atoms with Crippen molar-refractivity contribution in [2.75, 3.05) is 18.0 Å². The van der Waals surface area contributed by atoms with Gasteiger partial charge in [-0.25, -0.2) is 4.98 Å². The Hall–Kier alpha value is -0.470. The van der Waals surface area contributed by atoms with Crippen molar-refractivity contribution in [2.24, 2.45) is 0 Å². The summed E-state index contributed by atoms with van der Waals surface area (Å²) in [4.78, 5) is 6.47. The van der Waals surface area contributed by atoms with E-state index in [-0.39, 0.29) is 0 Å². The first-order valence-corrected chi connectivity index (χ1v) is 5.58. The molecule has 0 radical (unpaired) electrons. The van der Waals surface area contributed by atoms with Crippen LogP contribution in [0.25, 0.3) is 0 Å². The van der Waals surface area contributed by atoms with Gasteiger partial charge in [-0.05, 0) is 25.0 Å². The van der Waals surface area contributed by atoms with Gasteiger partial charge in [-0.2, -0.15) is 0 Å². The Kier molecular flexibility index (Phi) is 3.14. The monoisotopic (exact) mass is 230 g/mol. The molecule has 0 atom stereocenters. The Morgan fingerprint density at radius 1 is 1.36 bits per heavy atom. The van der Waals surface area contributed by atoms with Crippen LogP contribution in [0.4, 0.5) is 5.82 Å². The number of hydrogen-bond acceptors (Lipinski definition) is 2. The van der Waals surface area contributed by atoms with E-state index in [0.29, 0.717) is 5.38 Å². The Labute approximate surface area is 93.8 Å². The third-order valence-electron chi connectivity index (χ3n) is 2.46. The average molecular weight is 231 g/mol. The second-order valence-electron chi connectivity index (χ2n) is 3.47. The molecule has 4 heteroatoms. The summed E-state index contributed by atoms with van der Waals surface area (Å²) in [5.74, 6) is 0.887. The molecule has 0 aromatic carbocycles. The summed E-state index contributed by atoms with van der Waals surface area (Å²) in [6, 6.07) is 3.72. The molecule has 0 unspecified atom stereocenters. The number of pyridine rings is 1. The fraction of sp³-hybridized carbons (Fsp3) is 0.500. The quantitative estimate of drug-likeness (QED) is 0.691. The summed E-state index contributed by atoms with van der Waals surface area (Å²) >= 11 is 12.1. The molecule has 1 aromatic heterocycles. The van der Waals surface area contributed by atoms with Crippen LogP contribution in [0.1, 0.15) is 12.8 Å². The van der Waals surface area contributed by atoms with E-state index in [0.717, 1.165) is 36.8 Å². The second kappa shape index (κ2) is 4.37. The van der Waals surface area contributed by atoms with E-state index in [1.807, 2.05) is 12.1 Å². The van der Waals surface area contributed by atoms with E-state index in [2.05, 4.69) is 9.88 Å². The van der Waals surface area contributed by atoms with E-state index < -0.39 is 0 Å². The van der Waals surface area contributed by atoms with E-state index in [9.17, 15) is 0 Å². The summed E-state index contributed by atoms with van der Waals surface area (Å²) < 4.78 is 0. The molecule has 2 nitrogen and oxygen atoms in total. The first kappa shape index (κ1) is 10.1. The number of hydrogen-bond donors (Lipinski definition) is 0. The lowest BCUT2D eigenvalue weighted by Crippen LogP contribution is -2.34. The highest BCUT2D eigenvalue weighted by atomic mass is 35.5. The van der Waals surface area contributed by atoms with Gasteiger partial charge in [0.15, 0.2) is 0 Å². The zero-order valence-electron chi connectivity index (χ0n) is 7.79. The van der Waals surface area contributed by atoms with Gasteiger partial charge in [0, 0.05) is 24.7 Å². The van der Waals surface area contributed by atoms with E-state index in [4.69, 9.17) is 23.2 Å². The maximum atomic E-state index is 6.06. The first-order chi connectivity index (χ1) is 6.77. The van der Waals surface area contributed by atoms with E-state index in [1.54, 1.807) is 6.20 Å². The number of halogens is 2. The van der Waals surface area contributed by atoms with Crippen LogP contribution in [0.3, 0.4) is 0 Å². The summed E-state index contributed by atoms with van der Waals surface area (Å²) in [7, 11) is 0. The average Bonchev–Trinajstić information content (AvgIpc) is 2.20. The summed E-state index contributed by atoms with van der Waals surface area (Å²) in [6.45, 7) is 1.90. The molecular formula is C10H12Cl2N2. The molecule has 0 amide bonds.